The molecule has 10 heteroatoms. The summed E-state index contributed by atoms with van der Waals surface area (Å²) < 4.78 is 13.8. The van der Waals surface area contributed by atoms with E-state index in [1.807, 2.05) is 12.1 Å². The number of para-hydroxylation sites is 4. The van der Waals surface area contributed by atoms with E-state index in [9.17, 15) is 9.90 Å². The molecule has 0 saturated carbocycles. The lowest BCUT2D eigenvalue weighted by Crippen LogP contribution is -2.44. The van der Waals surface area contributed by atoms with Crippen LogP contribution in [0.15, 0.2) is 58.3 Å². The Hall–Kier alpha value is -3.47. The van der Waals surface area contributed by atoms with Crippen LogP contribution in [0.4, 0.5) is 0 Å². The van der Waals surface area contributed by atoms with Gasteiger partial charge in [0.15, 0.2) is 4.77 Å². The highest BCUT2D eigenvalue weighted by molar-refractivity contribution is 7.71. The monoisotopic (exact) mass is 495 g/mol. The van der Waals surface area contributed by atoms with E-state index in [2.05, 4.69) is 15.2 Å². The SMILES string of the molecule is COc1ccccc1-n1c(O)c(C=NCCN2CCNCC2)c(=O)n(-c2ccccc2OC)c1=S. The molecule has 4 rings (SSSR count). The molecule has 0 unspecified atom stereocenters. The number of piperazine rings is 1. The van der Waals surface area contributed by atoms with E-state index >= 15 is 0 Å². The van der Waals surface area contributed by atoms with Crippen LogP contribution in [-0.2, 0) is 0 Å². The van der Waals surface area contributed by atoms with E-state index in [0.717, 1.165) is 32.7 Å². The van der Waals surface area contributed by atoms with Gasteiger partial charge in [-0.1, -0.05) is 24.3 Å². The summed E-state index contributed by atoms with van der Waals surface area (Å²) in [4.78, 5) is 20.4. The summed E-state index contributed by atoms with van der Waals surface area (Å²) in [5.74, 6) is 0.659. The average Bonchev–Trinajstić information content (AvgIpc) is 2.89. The molecule has 0 spiro atoms. The lowest BCUT2D eigenvalue weighted by Gasteiger charge is -2.26. The van der Waals surface area contributed by atoms with Crippen molar-refractivity contribution in [3.8, 4) is 28.8 Å². The number of aliphatic imine (C=N–C) groups is 1. The third-order valence-electron chi connectivity index (χ3n) is 5.90. The standard InChI is InChI=1S/C25H29N5O4S/c1-33-21-9-5-3-7-19(21)29-23(31)18(17-27-13-16-28-14-11-26-12-15-28)24(32)30(25(29)35)20-8-4-6-10-22(20)34-2/h3-10,17,26,31H,11-16H2,1-2H3. The summed E-state index contributed by atoms with van der Waals surface area (Å²) >= 11 is 5.72. The summed E-state index contributed by atoms with van der Waals surface area (Å²) in [6.45, 7) is 5.09. The van der Waals surface area contributed by atoms with E-state index in [4.69, 9.17) is 21.7 Å². The van der Waals surface area contributed by atoms with Crippen LogP contribution in [0, 0.1) is 4.77 Å². The minimum Gasteiger partial charge on any atom is -0.495 e. The molecule has 2 aromatic carbocycles. The second kappa shape index (κ2) is 11.3. The molecule has 1 saturated heterocycles. The van der Waals surface area contributed by atoms with E-state index in [1.54, 1.807) is 36.4 Å². The van der Waals surface area contributed by atoms with Crippen LogP contribution in [0.5, 0.6) is 17.4 Å². The zero-order chi connectivity index (χ0) is 24.8. The number of aromatic nitrogens is 2. The Kier molecular flexibility index (Phi) is 7.96. The molecule has 35 heavy (non-hydrogen) atoms. The van der Waals surface area contributed by atoms with Crippen molar-refractivity contribution in [2.24, 2.45) is 4.99 Å². The molecule has 2 heterocycles. The molecule has 2 N–H and O–H groups in total. The van der Waals surface area contributed by atoms with Crippen molar-refractivity contribution < 1.29 is 14.6 Å². The first-order chi connectivity index (χ1) is 17.1. The second-order valence-electron chi connectivity index (χ2n) is 7.97. The van der Waals surface area contributed by atoms with Crippen molar-refractivity contribution in [2.45, 2.75) is 0 Å². The van der Waals surface area contributed by atoms with Gasteiger partial charge in [0.05, 0.1) is 32.1 Å². The normalized spacial score (nSPS) is 14.3. The minimum absolute atomic E-state index is 0.0238. The van der Waals surface area contributed by atoms with Crippen LogP contribution < -0.4 is 20.3 Å². The van der Waals surface area contributed by atoms with Gasteiger partial charge in [-0.05, 0) is 36.5 Å². The van der Waals surface area contributed by atoms with Gasteiger partial charge in [-0.2, -0.15) is 0 Å². The molecule has 0 amide bonds. The molecular weight excluding hydrogens is 466 g/mol. The molecule has 1 aliphatic rings. The van der Waals surface area contributed by atoms with Crippen molar-refractivity contribution >= 4 is 18.4 Å². The van der Waals surface area contributed by atoms with Crippen molar-refractivity contribution in [1.82, 2.24) is 19.4 Å². The van der Waals surface area contributed by atoms with Crippen molar-refractivity contribution in [2.75, 3.05) is 53.5 Å². The van der Waals surface area contributed by atoms with Gasteiger partial charge in [0.2, 0.25) is 5.88 Å². The predicted octanol–water partition coefficient (Wildman–Crippen LogP) is 2.40. The molecule has 1 fully saturated rings. The Morgan fingerprint density at radius 2 is 1.57 bits per heavy atom. The first-order valence-electron chi connectivity index (χ1n) is 11.4. The first kappa shape index (κ1) is 24.6. The summed E-state index contributed by atoms with van der Waals surface area (Å²) in [6, 6.07) is 14.2. The molecule has 1 aromatic heterocycles. The minimum atomic E-state index is -0.492. The highest BCUT2D eigenvalue weighted by atomic mass is 32.1. The Bertz CT molecular complexity index is 1330. The lowest BCUT2D eigenvalue weighted by molar-refractivity contribution is 0.248. The average molecular weight is 496 g/mol. The van der Waals surface area contributed by atoms with Crippen LogP contribution in [0.1, 0.15) is 5.56 Å². The number of rotatable bonds is 8. The third-order valence-corrected chi connectivity index (χ3v) is 6.26. The smallest absolute Gasteiger partial charge is 0.271 e. The number of nitrogens with zero attached hydrogens (tertiary/aromatic N) is 4. The Morgan fingerprint density at radius 3 is 2.17 bits per heavy atom. The Morgan fingerprint density at radius 1 is 1.00 bits per heavy atom. The van der Waals surface area contributed by atoms with Crippen LogP contribution in [-0.4, -0.2) is 78.8 Å². The van der Waals surface area contributed by atoms with Crippen LogP contribution in [0.25, 0.3) is 11.4 Å². The molecular formula is C25H29N5O4S. The molecule has 0 radical (unpaired) electrons. The van der Waals surface area contributed by atoms with Gasteiger partial charge in [0, 0.05) is 38.9 Å². The zero-order valence-electron chi connectivity index (χ0n) is 19.8. The largest absolute Gasteiger partial charge is 0.495 e. The number of methoxy groups -OCH3 is 2. The van der Waals surface area contributed by atoms with Gasteiger partial charge in [0.1, 0.15) is 17.1 Å². The topological polar surface area (TPSA) is 93.3 Å². The van der Waals surface area contributed by atoms with Gasteiger partial charge in [-0.3, -0.25) is 19.3 Å². The molecule has 1 aliphatic heterocycles. The summed E-state index contributed by atoms with van der Waals surface area (Å²) in [5.41, 5.74) is 0.491. The number of hydrogen-bond acceptors (Lipinski definition) is 8. The van der Waals surface area contributed by atoms with Gasteiger partial charge < -0.3 is 19.9 Å². The maximum atomic E-state index is 13.6. The van der Waals surface area contributed by atoms with E-state index in [0.29, 0.717) is 29.4 Å². The van der Waals surface area contributed by atoms with Gasteiger partial charge in [-0.15, -0.1) is 0 Å². The molecule has 184 valence electrons. The molecule has 0 bridgehead atoms. The molecule has 0 atom stereocenters. The molecule has 3 aromatic rings. The van der Waals surface area contributed by atoms with Gasteiger partial charge in [0.25, 0.3) is 5.56 Å². The number of aromatic hydroxyl groups is 1. The Labute approximate surface area is 208 Å². The highest BCUT2D eigenvalue weighted by Gasteiger charge is 2.21. The van der Waals surface area contributed by atoms with E-state index < -0.39 is 5.56 Å². The maximum Gasteiger partial charge on any atom is 0.271 e. The molecule has 9 nitrogen and oxygen atoms in total. The third kappa shape index (κ3) is 5.14. The predicted molar refractivity (Wildman–Crippen MR) is 139 cm³/mol. The highest BCUT2D eigenvalue weighted by Crippen LogP contribution is 2.29. The number of benzene rings is 2. The fourth-order valence-corrected chi connectivity index (χ4v) is 4.44. The maximum absolute atomic E-state index is 13.6. The van der Waals surface area contributed by atoms with Gasteiger partial charge in [-0.25, -0.2) is 4.57 Å². The fraction of sp³-hybridized carbons (Fsp3) is 0.320. The fourth-order valence-electron chi connectivity index (χ4n) is 4.08. The van der Waals surface area contributed by atoms with Crippen molar-refractivity contribution in [3.05, 3.63) is 69.2 Å². The van der Waals surface area contributed by atoms with E-state index in [1.165, 1.54) is 29.6 Å². The first-order valence-corrected chi connectivity index (χ1v) is 11.8. The lowest BCUT2D eigenvalue weighted by atomic mass is 10.2. The number of nitrogens with one attached hydrogen (secondary N) is 1. The quantitative estimate of drug-likeness (QED) is 0.366. The van der Waals surface area contributed by atoms with Crippen molar-refractivity contribution in [3.63, 3.8) is 0 Å². The second-order valence-corrected chi connectivity index (χ2v) is 8.33. The van der Waals surface area contributed by atoms with Crippen LogP contribution >= 0.6 is 12.2 Å². The summed E-state index contributed by atoms with van der Waals surface area (Å²) in [5, 5.41) is 14.6. The summed E-state index contributed by atoms with van der Waals surface area (Å²) in [6.07, 6.45) is 1.42. The van der Waals surface area contributed by atoms with Crippen LogP contribution in [0.2, 0.25) is 0 Å². The summed E-state index contributed by atoms with van der Waals surface area (Å²) in [7, 11) is 3.06. The molecule has 0 aliphatic carbocycles. The van der Waals surface area contributed by atoms with Crippen LogP contribution in [0.3, 0.4) is 0 Å². The Balaban J connectivity index is 1.86. The number of ether oxygens (including phenoxy) is 2. The van der Waals surface area contributed by atoms with Gasteiger partial charge >= 0.3 is 0 Å². The van der Waals surface area contributed by atoms with Crippen molar-refractivity contribution in [1.29, 1.82) is 0 Å². The zero-order valence-corrected chi connectivity index (χ0v) is 20.6. The number of hydrogen-bond donors (Lipinski definition) is 2. The van der Waals surface area contributed by atoms with E-state index in [-0.39, 0.29) is 16.2 Å².